The highest BCUT2D eigenvalue weighted by atomic mass is 32.1. The molecule has 4 aromatic rings. The van der Waals surface area contributed by atoms with Crippen molar-refractivity contribution in [2.75, 3.05) is 0 Å². The molecule has 92 valence electrons. The van der Waals surface area contributed by atoms with E-state index >= 15 is 0 Å². The van der Waals surface area contributed by atoms with E-state index in [1.54, 1.807) is 15.8 Å². The minimum absolute atomic E-state index is 0.104. The summed E-state index contributed by atoms with van der Waals surface area (Å²) in [5, 5.41) is 5.62. The van der Waals surface area contributed by atoms with Crippen LogP contribution in [-0.2, 0) is 0 Å². The van der Waals surface area contributed by atoms with E-state index in [9.17, 15) is 9.59 Å². The summed E-state index contributed by atoms with van der Waals surface area (Å²) in [5.74, 6) is 0. The number of hydrogen-bond donors (Lipinski definition) is 1. The summed E-state index contributed by atoms with van der Waals surface area (Å²) in [4.78, 5) is 27.3. The minimum atomic E-state index is -0.161. The van der Waals surface area contributed by atoms with Gasteiger partial charge in [-0.05, 0) is 17.5 Å². The summed E-state index contributed by atoms with van der Waals surface area (Å²) < 4.78 is 1.57. The van der Waals surface area contributed by atoms with E-state index in [1.807, 2.05) is 29.6 Å². The van der Waals surface area contributed by atoms with Crippen molar-refractivity contribution in [3.63, 3.8) is 0 Å². The van der Waals surface area contributed by atoms with Gasteiger partial charge in [0.05, 0.1) is 10.9 Å². The lowest BCUT2D eigenvalue weighted by Gasteiger charge is -2.05. The molecule has 19 heavy (non-hydrogen) atoms. The minimum Gasteiger partial charge on any atom is -0.307 e. The van der Waals surface area contributed by atoms with Crippen LogP contribution in [0.15, 0.2) is 50.7 Å². The lowest BCUT2D eigenvalue weighted by molar-refractivity contribution is 1.11. The average Bonchev–Trinajstić information content (AvgIpc) is 2.88. The predicted octanol–water partition coefficient (Wildman–Crippen LogP) is 2.36. The van der Waals surface area contributed by atoms with Gasteiger partial charge < -0.3 is 4.98 Å². The Kier molecular flexibility index (Phi) is 1.97. The first-order valence-corrected chi connectivity index (χ1v) is 6.73. The van der Waals surface area contributed by atoms with Crippen LogP contribution < -0.4 is 11.1 Å². The predicted molar refractivity (Wildman–Crippen MR) is 77.2 cm³/mol. The van der Waals surface area contributed by atoms with Crippen LogP contribution in [-0.4, -0.2) is 9.38 Å². The zero-order valence-corrected chi connectivity index (χ0v) is 10.5. The zero-order chi connectivity index (χ0) is 13.0. The molecule has 0 unspecified atom stereocenters. The molecule has 4 nitrogen and oxygen atoms in total. The number of aromatic nitrogens is 2. The Labute approximate surface area is 110 Å². The lowest BCUT2D eigenvalue weighted by Crippen LogP contribution is -2.19. The van der Waals surface area contributed by atoms with Crippen LogP contribution in [0, 0.1) is 0 Å². The molecular formula is C14H8N2O2S. The van der Waals surface area contributed by atoms with Gasteiger partial charge in [-0.15, -0.1) is 11.3 Å². The standard InChI is InChI=1S/C14H8N2O2S/c17-13-10-6-19-7-11(10)16-12(15-13)5-8-3-1-2-4-9(8)14(16)18/h1-7H,(H,15,17). The van der Waals surface area contributed by atoms with E-state index in [-0.39, 0.29) is 11.1 Å². The van der Waals surface area contributed by atoms with Crippen molar-refractivity contribution in [2.45, 2.75) is 0 Å². The van der Waals surface area contributed by atoms with Crippen molar-refractivity contribution in [3.8, 4) is 0 Å². The van der Waals surface area contributed by atoms with Crippen molar-refractivity contribution < 1.29 is 0 Å². The third-order valence-corrected chi connectivity index (χ3v) is 4.03. The number of pyridine rings is 1. The molecule has 0 radical (unpaired) electrons. The fourth-order valence-electron chi connectivity index (χ4n) is 2.41. The van der Waals surface area contributed by atoms with E-state index in [1.165, 1.54) is 11.3 Å². The maximum Gasteiger partial charge on any atom is 0.264 e. The molecule has 0 atom stereocenters. The van der Waals surface area contributed by atoms with Gasteiger partial charge in [-0.3, -0.25) is 14.0 Å². The molecule has 0 aliphatic rings. The Morgan fingerprint density at radius 3 is 2.79 bits per heavy atom. The number of aromatic amines is 1. The highest BCUT2D eigenvalue weighted by Crippen LogP contribution is 2.17. The van der Waals surface area contributed by atoms with E-state index < -0.39 is 0 Å². The first-order valence-electron chi connectivity index (χ1n) is 5.78. The van der Waals surface area contributed by atoms with Crippen molar-refractivity contribution in [1.29, 1.82) is 0 Å². The van der Waals surface area contributed by atoms with Crippen molar-refractivity contribution in [2.24, 2.45) is 0 Å². The summed E-state index contributed by atoms with van der Waals surface area (Å²) in [6.45, 7) is 0. The summed E-state index contributed by atoms with van der Waals surface area (Å²) in [7, 11) is 0. The van der Waals surface area contributed by atoms with Crippen LogP contribution in [0.3, 0.4) is 0 Å². The van der Waals surface area contributed by atoms with Gasteiger partial charge >= 0.3 is 0 Å². The second kappa shape index (κ2) is 3.55. The van der Waals surface area contributed by atoms with E-state index in [4.69, 9.17) is 0 Å². The van der Waals surface area contributed by atoms with Crippen LogP contribution in [0.5, 0.6) is 0 Å². The zero-order valence-electron chi connectivity index (χ0n) is 9.71. The van der Waals surface area contributed by atoms with E-state index in [2.05, 4.69) is 4.98 Å². The molecule has 0 saturated heterocycles. The summed E-state index contributed by atoms with van der Waals surface area (Å²) in [6.07, 6.45) is 0. The summed E-state index contributed by atoms with van der Waals surface area (Å²) in [5.41, 5.74) is 0.929. The maximum absolute atomic E-state index is 12.6. The summed E-state index contributed by atoms with van der Waals surface area (Å²) >= 11 is 1.42. The highest BCUT2D eigenvalue weighted by molar-refractivity contribution is 7.09. The molecule has 0 amide bonds. The SMILES string of the molecule is O=c1[nH]c2cc3ccccc3c(=O)n2c2cscc12. The average molecular weight is 268 g/mol. The number of nitrogens with zero attached hydrogens (tertiary/aromatic N) is 1. The number of H-pyrrole nitrogens is 1. The molecule has 0 aliphatic carbocycles. The molecule has 1 aromatic carbocycles. The van der Waals surface area contributed by atoms with E-state index in [0.29, 0.717) is 21.9 Å². The number of fused-ring (bicyclic) bond motifs is 4. The number of thiophene rings is 1. The first kappa shape index (κ1) is 10.5. The third kappa shape index (κ3) is 1.33. The lowest BCUT2D eigenvalue weighted by atomic mass is 10.1. The number of benzene rings is 1. The van der Waals surface area contributed by atoms with Crippen LogP contribution in [0.25, 0.3) is 27.3 Å². The van der Waals surface area contributed by atoms with Crippen LogP contribution >= 0.6 is 11.3 Å². The maximum atomic E-state index is 12.6. The second-order valence-electron chi connectivity index (χ2n) is 4.38. The molecule has 0 fully saturated rings. The van der Waals surface area contributed by atoms with Crippen molar-refractivity contribution in [1.82, 2.24) is 9.38 Å². The summed E-state index contributed by atoms with van der Waals surface area (Å²) in [6, 6.07) is 9.21. The van der Waals surface area contributed by atoms with E-state index in [0.717, 1.165) is 5.39 Å². The molecule has 0 saturated carbocycles. The Morgan fingerprint density at radius 2 is 1.89 bits per heavy atom. The largest absolute Gasteiger partial charge is 0.307 e. The fourth-order valence-corrected chi connectivity index (χ4v) is 3.20. The monoisotopic (exact) mass is 268 g/mol. The van der Waals surface area contributed by atoms with Gasteiger partial charge in [-0.25, -0.2) is 0 Å². The van der Waals surface area contributed by atoms with Gasteiger partial charge in [0, 0.05) is 16.1 Å². The molecule has 5 heteroatoms. The Bertz CT molecular complexity index is 1060. The topological polar surface area (TPSA) is 54.3 Å². The van der Waals surface area contributed by atoms with Crippen molar-refractivity contribution >= 4 is 38.7 Å². The van der Waals surface area contributed by atoms with Gasteiger partial charge in [0.1, 0.15) is 5.65 Å². The smallest absolute Gasteiger partial charge is 0.264 e. The molecule has 0 aliphatic heterocycles. The van der Waals surface area contributed by atoms with Gasteiger partial charge in [0.2, 0.25) is 0 Å². The molecule has 1 N–H and O–H groups in total. The number of hydrogen-bond acceptors (Lipinski definition) is 3. The van der Waals surface area contributed by atoms with Gasteiger partial charge in [-0.1, -0.05) is 18.2 Å². The van der Waals surface area contributed by atoms with Gasteiger partial charge in [0.15, 0.2) is 0 Å². The number of nitrogens with one attached hydrogen (secondary N) is 1. The van der Waals surface area contributed by atoms with Crippen LogP contribution in [0.4, 0.5) is 0 Å². The fraction of sp³-hybridized carbons (Fsp3) is 0. The third-order valence-electron chi connectivity index (χ3n) is 3.30. The normalized spacial score (nSPS) is 11.6. The first-order chi connectivity index (χ1) is 9.25. The molecule has 0 bridgehead atoms. The highest BCUT2D eigenvalue weighted by Gasteiger charge is 2.09. The Morgan fingerprint density at radius 1 is 1.05 bits per heavy atom. The quantitative estimate of drug-likeness (QED) is 0.498. The molecule has 3 aromatic heterocycles. The van der Waals surface area contributed by atoms with Crippen LogP contribution in [0.1, 0.15) is 0 Å². The Hall–Kier alpha value is -2.40. The molecular weight excluding hydrogens is 260 g/mol. The van der Waals surface area contributed by atoms with Crippen molar-refractivity contribution in [3.05, 3.63) is 61.8 Å². The number of rotatable bonds is 0. The second-order valence-corrected chi connectivity index (χ2v) is 5.13. The van der Waals surface area contributed by atoms with Gasteiger partial charge in [-0.2, -0.15) is 0 Å². The molecule has 0 spiro atoms. The molecule has 3 heterocycles. The van der Waals surface area contributed by atoms with Gasteiger partial charge in [0.25, 0.3) is 11.1 Å². The molecule has 4 rings (SSSR count). The van der Waals surface area contributed by atoms with Crippen LogP contribution in [0.2, 0.25) is 0 Å². The Balaban J connectivity index is 2.44.